The Morgan fingerprint density at radius 2 is 2.11 bits per heavy atom. The van der Waals surface area contributed by atoms with Crippen LogP contribution in [0.1, 0.15) is 38.4 Å². The highest BCUT2D eigenvalue weighted by atomic mass is 35.5. The fourth-order valence-corrected chi connectivity index (χ4v) is 3.60. The van der Waals surface area contributed by atoms with E-state index < -0.39 is 11.8 Å². The number of aryl methyl sites for hydroxylation is 1. The summed E-state index contributed by atoms with van der Waals surface area (Å²) in [6.45, 7) is 4.41. The van der Waals surface area contributed by atoms with E-state index in [1.807, 2.05) is 18.2 Å². The van der Waals surface area contributed by atoms with Crippen molar-refractivity contribution in [3.63, 3.8) is 0 Å². The fourth-order valence-electron chi connectivity index (χ4n) is 3.41. The lowest BCUT2D eigenvalue weighted by Gasteiger charge is -2.38. The number of nitrogens with zero attached hydrogens (tertiary/aromatic N) is 2. The normalized spacial score (nSPS) is 19.6. The Balaban J connectivity index is 0.00000280. The minimum Gasteiger partial charge on any atom is -0.383 e. The predicted octanol–water partition coefficient (Wildman–Crippen LogP) is 3.81. The third-order valence-corrected chi connectivity index (χ3v) is 5.12. The first-order valence-electron chi connectivity index (χ1n) is 8.94. The van der Waals surface area contributed by atoms with Crippen LogP contribution in [0.15, 0.2) is 36.5 Å². The summed E-state index contributed by atoms with van der Waals surface area (Å²) >= 11 is 6.12. The van der Waals surface area contributed by atoms with Crippen LogP contribution >= 0.6 is 11.6 Å². The summed E-state index contributed by atoms with van der Waals surface area (Å²) in [5.41, 5.74) is 7.83. The van der Waals surface area contributed by atoms with Gasteiger partial charge in [-0.3, -0.25) is 9.59 Å². The SMILES string of the molecule is Cc1cc(NC(=O)C(=O)N2C[C@H](C)CC[C@H]2c2cccc(Cl)c2)cnc1N.[HH]. The van der Waals surface area contributed by atoms with Gasteiger partial charge in [-0.2, -0.15) is 0 Å². The predicted molar refractivity (Wildman–Crippen MR) is 108 cm³/mol. The molecule has 144 valence electrons. The molecule has 7 heteroatoms. The van der Waals surface area contributed by atoms with E-state index in [9.17, 15) is 9.59 Å². The van der Waals surface area contributed by atoms with Crippen molar-refractivity contribution in [3.8, 4) is 0 Å². The number of nitrogens with one attached hydrogen (secondary N) is 1. The van der Waals surface area contributed by atoms with Gasteiger partial charge in [0.2, 0.25) is 0 Å². The summed E-state index contributed by atoms with van der Waals surface area (Å²) in [6.07, 6.45) is 3.23. The van der Waals surface area contributed by atoms with E-state index in [1.165, 1.54) is 6.20 Å². The molecule has 0 unspecified atom stereocenters. The highest BCUT2D eigenvalue weighted by molar-refractivity contribution is 6.39. The number of rotatable bonds is 2. The molecule has 1 saturated heterocycles. The molecule has 0 aliphatic carbocycles. The number of carbonyl (C=O) groups is 2. The van der Waals surface area contributed by atoms with E-state index in [0.29, 0.717) is 29.0 Å². The van der Waals surface area contributed by atoms with Gasteiger partial charge in [-0.1, -0.05) is 30.7 Å². The van der Waals surface area contributed by atoms with Crippen LogP contribution in [0.5, 0.6) is 0 Å². The Labute approximate surface area is 165 Å². The molecule has 0 radical (unpaired) electrons. The molecule has 1 aliphatic heterocycles. The molecule has 0 spiro atoms. The number of nitrogens with two attached hydrogens (primary N) is 1. The molecule has 3 rings (SSSR count). The van der Waals surface area contributed by atoms with Crippen molar-refractivity contribution in [2.24, 2.45) is 5.92 Å². The van der Waals surface area contributed by atoms with Gasteiger partial charge in [0.05, 0.1) is 17.9 Å². The fraction of sp³-hybridized carbons (Fsp3) is 0.350. The number of piperidine rings is 1. The summed E-state index contributed by atoms with van der Waals surface area (Å²) in [5.74, 6) is -0.508. The van der Waals surface area contributed by atoms with E-state index in [4.69, 9.17) is 17.3 Å². The molecule has 1 fully saturated rings. The Morgan fingerprint density at radius 1 is 1.33 bits per heavy atom. The van der Waals surface area contributed by atoms with Gasteiger partial charge in [0.1, 0.15) is 5.82 Å². The number of halogens is 1. The number of benzene rings is 1. The number of aromatic nitrogens is 1. The van der Waals surface area contributed by atoms with Crippen molar-refractivity contribution in [2.75, 3.05) is 17.6 Å². The van der Waals surface area contributed by atoms with Gasteiger partial charge in [0, 0.05) is 13.0 Å². The molecule has 2 aromatic rings. The van der Waals surface area contributed by atoms with Gasteiger partial charge in [-0.25, -0.2) is 4.98 Å². The van der Waals surface area contributed by atoms with Gasteiger partial charge in [0.25, 0.3) is 0 Å². The molecule has 0 bridgehead atoms. The number of likely N-dealkylation sites (tertiary alicyclic amines) is 1. The summed E-state index contributed by atoms with van der Waals surface area (Å²) in [6, 6.07) is 8.99. The number of pyridine rings is 1. The number of anilines is 2. The number of nitrogen functional groups attached to an aromatic ring is 1. The molecular formula is C20H25ClN4O2. The molecule has 3 N–H and O–H groups in total. The van der Waals surface area contributed by atoms with E-state index >= 15 is 0 Å². The molecule has 2 amide bonds. The minimum absolute atomic E-state index is 0. The molecule has 1 aliphatic rings. The van der Waals surface area contributed by atoms with Gasteiger partial charge in [-0.15, -0.1) is 0 Å². The van der Waals surface area contributed by atoms with Crippen molar-refractivity contribution < 1.29 is 11.0 Å². The van der Waals surface area contributed by atoms with Crippen LogP contribution in [0.2, 0.25) is 5.02 Å². The van der Waals surface area contributed by atoms with E-state index in [-0.39, 0.29) is 7.47 Å². The van der Waals surface area contributed by atoms with E-state index in [2.05, 4.69) is 17.2 Å². The molecule has 1 aromatic heterocycles. The molecule has 6 nitrogen and oxygen atoms in total. The third-order valence-electron chi connectivity index (χ3n) is 4.88. The summed E-state index contributed by atoms with van der Waals surface area (Å²) in [5, 5.41) is 3.25. The maximum atomic E-state index is 12.9. The highest BCUT2D eigenvalue weighted by Crippen LogP contribution is 2.34. The third kappa shape index (κ3) is 4.39. The summed E-state index contributed by atoms with van der Waals surface area (Å²) in [4.78, 5) is 31.1. The number of amides is 2. The second kappa shape index (κ2) is 7.96. The Kier molecular flexibility index (Phi) is 5.65. The van der Waals surface area contributed by atoms with Crippen LogP contribution in [-0.2, 0) is 9.59 Å². The number of hydrogen-bond donors (Lipinski definition) is 2. The topological polar surface area (TPSA) is 88.3 Å². The summed E-state index contributed by atoms with van der Waals surface area (Å²) < 4.78 is 0. The lowest BCUT2D eigenvalue weighted by molar-refractivity contribution is -0.146. The highest BCUT2D eigenvalue weighted by Gasteiger charge is 2.34. The molecule has 2 atom stereocenters. The van der Waals surface area contributed by atoms with Gasteiger partial charge in [-0.05, 0) is 55.0 Å². The first-order chi connectivity index (χ1) is 12.8. The quantitative estimate of drug-likeness (QED) is 0.765. The Bertz CT molecular complexity index is 877. The first kappa shape index (κ1) is 19.2. The lowest BCUT2D eigenvalue weighted by Crippen LogP contribution is -2.46. The lowest BCUT2D eigenvalue weighted by atomic mass is 9.90. The van der Waals surface area contributed by atoms with Gasteiger partial charge < -0.3 is 16.0 Å². The molecular weight excluding hydrogens is 364 g/mol. The van der Waals surface area contributed by atoms with Gasteiger partial charge in [0.15, 0.2) is 0 Å². The Morgan fingerprint density at radius 3 is 2.81 bits per heavy atom. The van der Waals surface area contributed by atoms with E-state index in [0.717, 1.165) is 24.0 Å². The van der Waals surface area contributed by atoms with Crippen molar-refractivity contribution >= 4 is 34.9 Å². The van der Waals surface area contributed by atoms with Crippen LogP contribution in [-0.4, -0.2) is 28.2 Å². The maximum Gasteiger partial charge on any atom is 0.313 e. The van der Waals surface area contributed by atoms with Crippen molar-refractivity contribution in [2.45, 2.75) is 32.7 Å². The van der Waals surface area contributed by atoms with Crippen LogP contribution in [0.25, 0.3) is 0 Å². The molecule has 27 heavy (non-hydrogen) atoms. The zero-order chi connectivity index (χ0) is 19.6. The standard InChI is InChI=1S/C20H23ClN4O2.H2/c1-12-6-7-17(14-4-3-5-15(21)9-14)25(11-12)20(27)19(26)24-16-8-13(2)18(22)23-10-16;/h3-5,8-10,12,17H,6-7,11H2,1-2H3,(H2,22,23)(H,24,26);1H/t12-,17+;/m1./s1. The minimum atomic E-state index is -0.679. The van der Waals surface area contributed by atoms with Gasteiger partial charge >= 0.3 is 11.8 Å². The number of carbonyl (C=O) groups excluding carboxylic acids is 2. The smallest absolute Gasteiger partial charge is 0.313 e. The average Bonchev–Trinajstić information content (AvgIpc) is 2.64. The zero-order valence-electron chi connectivity index (χ0n) is 15.4. The summed E-state index contributed by atoms with van der Waals surface area (Å²) in [7, 11) is 0. The number of hydrogen-bond acceptors (Lipinski definition) is 4. The monoisotopic (exact) mass is 388 g/mol. The van der Waals surface area contributed by atoms with Crippen molar-refractivity contribution in [1.29, 1.82) is 0 Å². The second-order valence-electron chi connectivity index (χ2n) is 7.09. The van der Waals surface area contributed by atoms with Crippen LogP contribution in [0, 0.1) is 12.8 Å². The van der Waals surface area contributed by atoms with Crippen LogP contribution in [0.3, 0.4) is 0 Å². The zero-order valence-corrected chi connectivity index (χ0v) is 16.2. The van der Waals surface area contributed by atoms with Crippen molar-refractivity contribution in [3.05, 3.63) is 52.7 Å². The maximum absolute atomic E-state index is 12.9. The first-order valence-corrected chi connectivity index (χ1v) is 9.32. The Hall–Kier alpha value is -2.60. The van der Waals surface area contributed by atoms with Crippen LogP contribution < -0.4 is 11.1 Å². The largest absolute Gasteiger partial charge is 0.383 e. The second-order valence-corrected chi connectivity index (χ2v) is 7.53. The molecule has 0 saturated carbocycles. The van der Waals surface area contributed by atoms with Crippen LogP contribution in [0.4, 0.5) is 11.5 Å². The van der Waals surface area contributed by atoms with E-state index in [1.54, 1.807) is 24.0 Å². The molecule has 2 heterocycles. The average molecular weight is 389 g/mol. The molecule has 1 aromatic carbocycles. The van der Waals surface area contributed by atoms with Crippen molar-refractivity contribution in [1.82, 2.24) is 9.88 Å².